The molecule has 2 amide bonds. The molecule has 1 atom stereocenters. The molecule has 1 unspecified atom stereocenters. The molecule has 3 aromatic rings. The first-order valence-corrected chi connectivity index (χ1v) is 12.4. The van der Waals surface area contributed by atoms with Crippen molar-refractivity contribution in [3.63, 3.8) is 0 Å². The number of nitrogens with one attached hydrogen (secondary N) is 1. The minimum atomic E-state index is -3.98. The Morgan fingerprint density at radius 3 is 2.29 bits per heavy atom. The van der Waals surface area contributed by atoms with Gasteiger partial charge in [-0.25, -0.2) is 8.42 Å². The van der Waals surface area contributed by atoms with Gasteiger partial charge < -0.3 is 14.6 Å². The molecular formula is C25H27N3O5S. The zero-order valence-corrected chi connectivity index (χ0v) is 19.9. The van der Waals surface area contributed by atoms with Crippen LogP contribution in [0.25, 0.3) is 0 Å². The summed E-state index contributed by atoms with van der Waals surface area (Å²) >= 11 is 0. The van der Waals surface area contributed by atoms with Gasteiger partial charge >= 0.3 is 0 Å². The molecule has 0 radical (unpaired) electrons. The second-order valence-corrected chi connectivity index (χ2v) is 10.5. The van der Waals surface area contributed by atoms with E-state index in [-0.39, 0.29) is 31.1 Å². The third-order valence-electron chi connectivity index (χ3n) is 5.97. The van der Waals surface area contributed by atoms with Crippen molar-refractivity contribution in [1.29, 1.82) is 0 Å². The van der Waals surface area contributed by atoms with E-state index in [2.05, 4.69) is 5.32 Å². The van der Waals surface area contributed by atoms with Gasteiger partial charge in [0.05, 0.1) is 18.0 Å². The first-order chi connectivity index (χ1) is 16.2. The van der Waals surface area contributed by atoms with Crippen LogP contribution in [0.4, 0.5) is 0 Å². The maximum absolute atomic E-state index is 13.5. The van der Waals surface area contributed by atoms with Crippen LogP contribution in [0.5, 0.6) is 0 Å². The first-order valence-electron chi connectivity index (χ1n) is 10.9. The summed E-state index contributed by atoms with van der Waals surface area (Å²) in [5, 5.41) is 2.88. The van der Waals surface area contributed by atoms with Crippen LogP contribution < -0.4 is 5.32 Å². The van der Waals surface area contributed by atoms with Gasteiger partial charge in [-0.3, -0.25) is 9.59 Å². The molecule has 178 valence electrons. The molecule has 1 saturated heterocycles. The lowest BCUT2D eigenvalue weighted by molar-refractivity contribution is -0.154. The predicted octanol–water partition coefficient (Wildman–Crippen LogP) is 2.70. The van der Waals surface area contributed by atoms with Crippen LogP contribution >= 0.6 is 0 Å². The van der Waals surface area contributed by atoms with Gasteiger partial charge in [0, 0.05) is 13.1 Å². The number of hydrogen-bond donors (Lipinski definition) is 1. The predicted molar refractivity (Wildman–Crippen MR) is 126 cm³/mol. The number of aryl methyl sites for hydroxylation is 1. The highest BCUT2D eigenvalue weighted by atomic mass is 32.2. The highest BCUT2D eigenvalue weighted by molar-refractivity contribution is 7.89. The molecular weight excluding hydrogens is 454 g/mol. The van der Waals surface area contributed by atoms with Crippen molar-refractivity contribution in [3.8, 4) is 0 Å². The van der Waals surface area contributed by atoms with E-state index in [0.717, 1.165) is 9.87 Å². The van der Waals surface area contributed by atoms with Crippen molar-refractivity contribution in [2.75, 3.05) is 13.1 Å². The summed E-state index contributed by atoms with van der Waals surface area (Å²) in [5.41, 5.74) is -0.560. The fourth-order valence-electron chi connectivity index (χ4n) is 4.06. The number of amides is 2. The number of rotatable bonds is 7. The summed E-state index contributed by atoms with van der Waals surface area (Å²) < 4.78 is 33.3. The van der Waals surface area contributed by atoms with Crippen molar-refractivity contribution in [1.82, 2.24) is 14.5 Å². The SMILES string of the molecule is Cc1ccc(CN2C(=O)CN(S(=O)(=O)c3ccccc3)CC2(C)C(=O)NCc2ccccc2)o1. The fourth-order valence-corrected chi connectivity index (χ4v) is 5.56. The zero-order chi connectivity index (χ0) is 24.3. The van der Waals surface area contributed by atoms with E-state index in [1.54, 1.807) is 44.2 Å². The summed E-state index contributed by atoms with van der Waals surface area (Å²) in [6.45, 7) is 3.15. The molecule has 2 aromatic carbocycles. The number of hydrogen-bond acceptors (Lipinski definition) is 5. The van der Waals surface area contributed by atoms with E-state index in [1.807, 2.05) is 30.3 Å². The summed E-state index contributed by atoms with van der Waals surface area (Å²) in [7, 11) is -3.98. The van der Waals surface area contributed by atoms with Gasteiger partial charge in [0.1, 0.15) is 17.1 Å². The van der Waals surface area contributed by atoms with Crippen LogP contribution in [0.2, 0.25) is 0 Å². The number of sulfonamides is 1. The van der Waals surface area contributed by atoms with Gasteiger partial charge in [0.25, 0.3) is 0 Å². The fraction of sp³-hybridized carbons (Fsp3) is 0.280. The second kappa shape index (κ2) is 9.44. The van der Waals surface area contributed by atoms with E-state index in [0.29, 0.717) is 11.5 Å². The second-order valence-electron chi connectivity index (χ2n) is 8.52. The minimum absolute atomic E-state index is 0.0567. The summed E-state index contributed by atoms with van der Waals surface area (Å²) in [5.74, 6) is 0.286. The number of benzene rings is 2. The molecule has 1 N–H and O–H groups in total. The quantitative estimate of drug-likeness (QED) is 0.559. The smallest absolute Gasteiger partial charge is 0.247 e. The Balaban J connectivity index is 1.65. The van der Waals surface area contributed by atoms with Crippen molar-refractivity contribution in [2.45, 2.75) is 37.4 Å². The monoisotopic (exact) mass is 481 g/mol. The minimum Gasteiger partial charge on any atom is -0.464 e. The molecule has 0 saturated carbocycles. The normalized spacial score (nSPS) is 19.2. The summed E-state index contributed by atoms with van der Waals surface area (Å²) in [4.78, 5) is 28.3. The largest absolute Gasteiger partial charge is 0.464 e. The Kier molecular flexibility index (Phi) is 6.58. The van der Waals surface area contributed by atoms with Crippen molar-refractivity contribution < 1.29 is 22.4 Å². The van der Waals surface area contributed by atoms with E-state index in [4.69, 9.17) is 4.42 Å². The van der Waals surface area contributed by atoms with Crippen LogP contribution in [-0.4, -0.2) is 48.1 Å². The molecule has 0 bridgehead atoms. The molecule has 1 fully saturated rings. The van der Waals surface area contributed by atoms with Gasteiger partial charge in [-0.15, -0.1) is 0 Å². The third-order valence-corrected chi connectivity index (χ3v) is 7.77. The van der Waals surface area contributed by atoms with E-state index >= 15 is 0 Å². The maximum Gasteiger partial charge on any atom is 0.247 e. The van der Waals surface area contributed by atoms with Gasteiger partial charge in [0.15, 0.2) is 0 Å². The van der Waals surface area contributed by atoms with Crippen molar-refractivity contribution in [2.24, 2.45) is 0 Å². The molecule has 9 heteroatoms. The third kappa shape index (κ3) is 4.76. The molecule has 2 heterocycles. The number of carbonyl (C=O) groups is 2. The molecule has 0 aliphatic carbocycles. The number of nitrogens with zero attached hydrogens (tertiary/aromatic N) is 2. The maximum atomic E-state index is 13.5. The average Bonchev–Trinajstić information content (AvgIpc) is 3.25. The molecule has 1 aliphatic rings. The van der Waals surface area contributed by atoms with Crippen molar-refractivity contribution >= 4 is 21.8 Å². The lowest BCUT2D eigenvalue weighted by Crippen LogP contribution is -2.69. The van der Waals surface area contributed by atoms with Gasteiger partial charge in [-0.05, 0) is 43.7 Å². The van der Waals surface area contributed by atoms with Crippen LogP contribution in [-0.2, 0) is 32.7 Å². The Labute approximate surface area is 199 Å². The molecule has 4 rings (SSSR count). The Morgan fingerprint density at radius 1 is 1.03 bits per heavy atom. The molecule has 0 spiro atoms. The number of carbonyl (C=O) groups excluding carboxylic acids is 2. The lowest BCUT2D eigenvalue weighted by atomic mass is 9.95. The van der Waals surface area contributed by atoms with E-state index in [9.17, 15) is 18.0 Å². The van der Waals surface area contributed by atoms with Crippen LogP contribution in [0.15, 0.2) is 82.1 Å². The first kappa shape index (κ1) is 23.7. The molecule has 1 aromatic heterocycles. The highest BCUT2D eigenvalue weighted by Gasteiger charge is 2.50. The van der Waals surface area contributed by atoms with Crippen LogP contribution in [0, 0.1) is 6.92 Å². The van der Waals surface area contributed by atoms with Gasteiger partial charge in [-0.1, -0.05) is 48.5 Å². The van der Waals surface area contributed by atoms with Crippen molar-refractivity contribution in [3.05, 3.63) is 89.9 Å². The summed E-state index contributed by atoms with van der Waals surface area (Å²) in [6, 6.07) is 20.8. The molecule has 1 aliphatic heterocycles. The Bertz CT molecular complexity index is 1270. The zero-order valence-electron chi connectivity index (χ0n) is 19.1. The Morgan fingerprint density at radius 2 is 1.68 bits per heavy atom. The average molecular weight is 482 g/mol. The van der Waals surface area contributed by atoms with Gasteiger partial charge in [0.2, 0.25) is 21.8 Å². The topological polar surface area (TPSA) is 99.9 Å². The Hall–Kier alpha value is -3.43. The number of furan rings is 1. The summed E-state index contributed by atoms with van der Waals surface area (Å²) in [6.07, 6.45) is 0. The number of piperazine rings is 1. The molecule has 34 heavy (non-hydrogen) atoms. The van der Waals surface area contributed by atoms with E-state index < -0.39 is 27.4 Å². The highest BCUT2D eigenvalue weighted by Crippen LogP contribution is 2.29. The van der Waals surface area contributed by atoms with Gasteiger partial charge in [-0.2, -0.15) is 4.31 Å². The standard InChI is InChI=1S/C25H27N3O5S/c1-19-13-14-21(33-19)16-28-23(29)17-27(34(31,32)22-11-7-4-8-12-22)18-25(28,2)24(30)26-15-20-9-5-3-6-10-20/h3-14H,15-18H2,1-2H3,(H,26,30). The van der Waals surface area contributed by atoms with E-state index in [1.165, 1.54) is 17.0 Å². The molecule has 8 nitrogen and oxygen atoms in total. The lowest BCUT2D eigenvalue weighted by Gasteiger charge is -2.46. The van der Waals surface area contributed by atoms with Crippen LogP contribution in [0.3, 0.4) is 0 Å². The van der Waals surface area contributed by atoms with Crippen LogP contribution in [0.1, 0.15) is 24.0 Å².